The molecule has 0 unspecified atom stereocenters. The van der Waals surface area contributed by atoms with Crippen LogP contribution in [0.5, 0.6) is 5.75 Å². The molecule has 3 aromatic rings. The lowest BCUT2D eigenvalue weighted by atomic mass is 10.1. The molecule has 0 aliphatic rings. The van der Waals surface area contributed by atoms with Crippen LogP contribution >= 0.6 is 23.4 Å². The van der Waals surface area contributed by atoms with Gasteiger partial charge in [-0.25, -0.2) is 0 Å². The normalized spacial score (nSPS) is 11.9. The summed E-state index contributed by atoms with van der Waals surface area (Å²) in [6.45, 7) is 5.80. The van der Waals surface area contributed by atoms with Gasteiger partial charge >= 0.3 is 0 Å². The van der Waals surface area contributed by atoms with Crippen LogP contribution in [0, 0.1) is 13.8 Å². The van der Waals surface area contributed by atoms with Gasteiger partial charge in [0.05, 0.1) is 17.4 Å². The second-order valence-electron chi connectivity index (χ2n) is 6.35. The zero-order chi connectivity index (χ0) is 20.3. The Hall–Kier alpha value is -2.51. The van der Waals surface area contributed by atoms with Gasteiger partial charge in [-0.05, 0) is 51.1 Å². The highest BCUT2D eigenvalue weighted by molar-refractivity contribution is 8.00. The van der Waals surface area contributed by atoms with Crippen LogP contribution < -0.4 is 10.1 Å². The van der Waals surface area contributed by atoms with Gasteiger partial charge in [-0.15, -0.1) is 10.2 Å². The van der Waals surface area contributed by atoms with Gasteiger partial charge in [-0.2, -0.15) is 0 Å². The molecule has 0 aliphatic heterocycles. The molecule has 0 spiro atoms. The van der Waals surface area contributed by atoms with Crippen molar-refractivity contribution in [1.82, 2.24) is 10.2 Å². The molecule has 146 valence electrons. The molecule has 8 heteroatoms. The van der Waals surface area contributed by atoms with Crippen LogP contribution in [0.2, 0.25) is 5.02 Å². The minimum atomic E-state index is -0.437. The number of aryl methyl sites for hydroxylation is 2. The van der Waals surface area contributed by atoms with E-state index >= 15 is 0 Å². The quantitative estimate of drug-likeness (QED) is 0.560. The minimum absolute atomic E-state index is 0.197. The monoisotopic (exact) mass is 417 g/mol. The summed E-state index contributed by atoms with van der Waals surface area (Å²) in [5.74, 6) is 0.785. The lowest BCUT2D eigenvalue weighted by molar-refractivity contribution is -0.115. The highest BCUT2D eigenvalue weighted by Gasteiger charge is 2.19. The van der Waals surface area contributed by atoms with E-state index in [0.29, 0.717) is 27.6 Å². The van der Waals surface area contributed by atoms with Crippen molar-refractivity contribution in [3.63, 3.8) is 0 Å². The summed E-state index contributed by atoms with van der Waals surface area (Å²) in [6.07, 6.45) is 0. The van der Waals surface area contributed by atoms with E-state index in [1.807, 2.05) is 26.0 Å². The number of methoxy groups -OCH3 is 1. The number of halogens is 1. The summed E-state index contributed by atoms with van der Waals surface area (Å²) in [5, 5.41) is 11.3. The first-order chi connectivity index (χ1) is 13.4. The third-order valence-corrected chi connectivity index (χ3v) is 5.17. The van der Waals surface area contributed by atoms with E-state index in [2.05, 4.69) is 21.6 Å². The Labute approximate surface area is 172 Å². The molecule has 1 aromatic heterocycles. The number of anilines is 1. The van der Waals surface area contributed by atoms with E-state index < -0.39 is 5.25 Å². The van der Waals surface area contributed by atoms with Crippen molar-refractivity contribution < 1.29 is 13.9 Å². The lowest BCUT2D eigenvalue weighted by Gasteiger charge is -2.11. The highest BCUT2D eigenvalue weighted by atomic mass is 35.5. The molecule has 0 fully saturated rings. The van der Waals surface area contributed by atoms with Crippen molar-refractivity contribution in [2.24, 2.45) is 0 Å². The molecule has 28 heavy (non-hydrogen) atoms. The predicted molar refractivity (Wildman–Crippen MR) is 111 cm³/mol. The van der Waals surface area contributed by atoms with Crippen LogP contribution in [0.4, 0.5) is 5.69 Å². The molecular weight excluding hydrogens is 398 g/mol. The van der Waals surface area contributed by atoms with Gasteiger partial charge in [0.1, 0.15) is 5.75 Å². The number of carbonyl (C=O) groups is 1. The fraction of sp³-hybridized carbons (Fsp3) is 0.250. The van der Waals surface area contributed by atoms with Gasteiger partial charge in [0.15, 0.2) is 0 Å². The Bertz CT molecular complexity index is 986. The van der Waals surface area contributed by atoms with Gasteiger partial charge in [-0.3, -0.25) is 4.79 Å². The number of nitrogens with zero attached hydrogens (tertiary/aromatic N) is 2. The first kappa shape index (κ1) is 20.2. The number of hydrogen-bond donors (Lipinski definition) is 1. The average Bonchev–Trinajstić information content (AvgIpc) is 3.09. The Morgan fingerprint density at radius 2 is 1.89 bits per heavy atom. The van der Waals surface area contributed by atoms with Crippen molar-refractivity contribution in [1.29, 1.82) is 0 Å². The third-order valence-electron chi connectivity index (χ3n) is 3.94. The highest BCUT2D eigenvalue weighted by Crippen LogP contribution is 2.29. The van der Waals surface area contributed by atoms with Crippen LogP contribution in [-0.2, 0) is 4.79 Å². The molecule has 0 radical (unpaired) electrons. The van der Waals surface area contributed by atoms with Gasteiger partial charge in [0, 0.05) is 11.3 Å². The summed E-state index contributed by atoms with van der Waals surface area (Å²) in [6, 6.07) is 11.1. The van der Waals surface area contributed by atoms with Crippen molar-refractivity contribution in [2.75, 3.05) is 12.4 Å². The summed E-state index contributed by atoms with van der Waals surface area (Å²) in [7, 11) is 1.54. The minimum Gasteiger partial charge on any atom is -0.495 e. The number of carbonyl (C=O) groups excluding carboxylic acids is 1. The van der Waals surface area contributed by atoms with Gasteiger partial charge in [0.25, 0.3) is 5.22 Å². The first-order valence-electron chi connectivity index (χ1n) is 8.59. The number of amides is 1. The summed E-state index contributed by atoms with van der Waals surface area (Å²) < 4.78 is 10.8. The van der Waals surface area contributed by atoms with Crippen LogP contribution in [0.3, 0.4) is 0 Å². The molecule has 6 nitrogen and oxygen atoms in total. The van der Waals surface area contributed by atoms with Crippen LogP contribution in [-0.4, -0.2) is 28.5 Å². The molecule has 0 saturated heterocycles. The Morgan fingerprint density at radius 1 is 1.18 bits per heavy atom. The predicted octanol–water partition coefficient (Wildman–Crippen LogP) is 5.13. The topological polar surface area (TPSA) is 77.2 Å². The SMILES string of the molecule is COc1ccc(NC(=O)[C@H](C)Sc2nnc(-c3cc(C)cc(C)c3)o2)cc1Cl. The summed E-state index contributed by atoms with van der Waals surface area (Å²) in [4.78, 5) is 12.5. The zero-order valence-corrected chi connectivity index (χ0v) is 17.5. The molecule has 0 bridgehead atoms. The number of hydrogen-bond acceptors (Lipinski definition) is 6. The molecular formula is C20H20ClN3O3S. The first-order valence-corrected chi connectivity index (χ1v) is 9.84. The standard InChI is InChI=1S/C20H20ClN3O3S/c1-11-7-12(2)9-14(8-11)19-23-24-20(27-19)28-13(3)18(25)22-15-5-6-17(26-4)16(21)10-15/h5-10,13H,1-4H3,(H,22,25)/t13-/m0/s1. The molecule has 1 N–H and O–H groups in total. The Balaban J connectivity index is 1.66. The van der Waals surface area contributed by atoms with Crippen molar-refractivity contribution in [3.05, 3.63) is 52.5 Å². The number of benzene rings is 2. The summed E-state index contributed by atoms with van der Waals surface area (Å²) >= 11 is 7.29. The van der Waals surface area contributed by atoms with Crippen LogP contribution in [0.25, 0.3) is 11.5 Å². The molecule has 0 saturated carbocycles. The molecule has 1 amide bonds. The average molecular weight is 418 g/mol. The maximum Gasteiger partial charge on any atom is 0.277 e. The van der Waals surface area contributed by atoms with E-state index in [0.717, 1.165) is 16.7 Å². The third kappa shape index (κ3) is 4.85. The van der Waals surface area contributed by atoms with Gasteiger partial charge in [-0.1, -0.05) is 40.6 Å². The van der Waals surface area contributed by atoms with E-state index in [4.69, 9.17) is 20.8 Å². The van der Waals surface area contributed by atoms with Crippen LogP contribution in [0.15, 0.2) is 46.0 Å². The lowest BCUT2D eigenvalue weighted by Crippen LogP contribution is -2.22. The van der Waals surface area contributed by atoms with E-state index in [1.165, 1.54) is 18.9 Å². The fourth-order valence-corrected chi connectivity index (χ4v) is 3.61. The molecule has 1 atom stereocenters. The van der Waals surface area contributed by atoms with E-state index in [1.54, 1.807) is 25.1 Å². The van der Waals surface area contributed by atoms with Crippen molar-refractivity contribution >= 4 is 35.0 Å². The second-order valence-corrected chi connectivity index (χ2v) is 8.05. The number of rotatable bonds is 6. The zero-order valence-electron chi connectivity index (χ0n) is 15.9. The Morgan fingerprint density at radius 3 is 2.54 bits per heavy atom. The fourth-order valence-electron chi connectivity index (χ4n) is 2.66. The molecule has 0 aliphatic carbocycles. The number of aromatic nitrogens is 2. The number of thioether (sulfide) groups is 1. The molecule has 1 heterocycles. The van der Waals surface area contributed by atoms with Crippen molar-refractivity contribution in [2.45, 2.75) is 31.2 Å². The number of ether oxygens (including phenoxy) is 1. The summed E-state index contributed by atoms with van der Waals surface area (Å²) in [5.41, 5.74) is 3.69. The maximum atomic E-state index is 12.5. The van der Waals surface area contributed by atoms with Gasteiger partial charge < -0.3 is 14.5 Å². The van der Waals surface area contributed by atoms with Crippen molar-refractivity contribution in [3.8, 4) is 17.2 Å². The van der Waals surface area contributed by atoms with Crippen LogP contribution in [0.1, 0.15) is 18.1 Å². The van der Waals surface area contributed by atoms with E-state index in [9.17, 15) is 4.79 Å². The molecule has 3 rings (SSSR count). The molecule has 2 aromatic carbocycles. The Kier molecular flexibility index (Phi) is 6.26. The van der Waals surface area contributed by atoms with Gasteiger partial charge in [0.2, 0.25) is 11.8 Å². The largest absolute Gasteiger partial charge is 0.495 e. The second kappa shape index (κ2) is 8.67. The smallest absolute Gasteiger partial charge is 0.277 e. The maximum absolute atomic E-state index is 12.5. The number of nitrogens with one attached hydrogen (secondary N) is 1. The van der Waals surface area contributed by atoms with E-state index in [-0.39, 0.29) is 5.91 Å².